The second kappa shape index (κ2) is 9.29. The van der Waals surface area contributed by atoms with E-state index in [1.165, 1.54) is 31.9 Å². The Kier molecular flexibility index (Phi) is 8.44. The maximum absolute atomic E-state index is 11.9. The zero-order valence-corrected chi connectivity index (χ0v) is 19.8. The molecular weight excluding hydrogens is 401 g/mol. The number of amides is 1. The van der Waals surface area contributed by atoms with Crippen LogP contribution >= 0.6 is 0 Å². The number of oxazole rings is 1. The minimum absolute atomic E-state index is 0. The van der Waals surface area contributed by atoms with Gasteiger partial charge in [-0.3, -0.25) is 9.89 Å². The fourth-order valence-electron chi connectivity index (χ4n) is 2.65. The molecule has 2 aromatic heterocycles. The number of H-pyrrole nitrogens is 1. The van der Waals surface area contributed by atoms with Crippen molar-refractivity contribution in [3.63, 3.8) is 0 Å². The molecule has 3 rings (SSSR count). The van der Waals surface area contributed by atoms with E-state index >= 15 is 0 Å². The molecule has 0 radical (unpaired) electrons. The van der Waals surface area contributed by atoms with Crippen molar-refractivity contribution in [2.45, 2.75) is 44.9 Å². The predicted molar refractivity (Wildman–Crippen MR) is 79.8 cm³/mol. The Morgan fingerprint density at radius 1 is 1.45 bits per heavy atom. The van der Waals surface area contributed by atoms with Crippen LogP contribution in [0.25, 0.3) is 0 Å². The summed E-state index contributed by atoms with van der Waals surface area (Å²) in [7, 11) is 0. The van der Waals surface area contributed by atoms with Gasteiger partial charge in [-0.15, -0.1) is 0 Å². The van der Waals surface area contributed by atoms with Gasteiger partial charge in [-0.25, -0.2) is 4.98 Å². The third kappa shape index (κ3) is 5.24. The van der Waals surface area contributed by atoms with Crippen LogP contribution in [0.15, 0.2) is 16.7 Å². The summed E-state index contributed by atoms with van der Waals surface area (Å²) in [6.07, 6.45) is 6.61. The molecule has 22 heavy (non-hydrogen) atoms. The van der Waals surface area contributed by atoms with Gasteiger partial charge in [0.05, 0.1) is 5.69 Å². The van der Waals surface area contributed by atoms with Gasteiger partial charge in [0.2, 0.25) is 11.8 Å². The molecule has 6 nitrogen and oxygen atoms in total. The van der Waals surface area contributed by atoms with Crippen molar-refractivity contribution in [2.75, 3.05) is 5.32 Å². The molecule has 2 aromatic rings. The molecule has 0 unspecified atom stereocenters. The van der Waals surface area contributed by atoms with E-state index in [1.54, 1.807) is 0 Å². The van der Waals surface area contributed by atoms with Crippen molar-refractivity contribution < 1.29 is 78.1 Å². The van der Waals surface area contributed by atoms with Gasteiger partial charge in [0.15, 0.2) is 5.82 Å². The van der Waals surface area contributed by atoms with E-state index in [2.05, 4.69) is 20.5 Å². The van der Waals surface area contributed by atoms with E-state index in [9.17, 15) is 4.79 Å². The normalized spacial score (nSPS) is 14.2. The van der Waals surface area contributed by atoms with E-state index in [-0.39, 0.29) is 88.6 Å². The Balaban J connectivity index is 0.00000121. The van der Waals surface area contributed by atoms with Crippen molar-refractivity contribution in [2.24, 2.45) is 0 Å². The smallest absolute Gasteiger partial charge is 0.448 e. The first-order valence-electron chi connectivity index (χ1n) is 6.97. The fraction of sp³-hybridized carbons (Fsp3) is 0.467. The van der Waals surface area contributed by atoms with Crippen LogP contribution < -0.4 is 74.2 Å². The summed E-state index contributed by atoms with van der Waals surface area (Å²) in [6, 6.07) is 1.93. The van der Waals surface area contributed by atoms with E-state index in [0.717, 1.165) is 11.4 Å². The molecule has 1 aliphatic carbocycles. The molecule has 0 saturated heterocycles. The number of carbonyl (C=O) groups excluding carboxylic acids is 1. The Morgan fingerprint density at radius 2 is 2.18 bits per heavy atom. The predicted octanol–water partition coefficient (Wildman–Crippen LogP) is -0.000790. The molecule has 1 aliphatic rings. The van der Waals surface area contributed by atoms with Crippen molar-refractivity contribution in [3.8, 4) is 0 Å². The number of aromatic nitrogens is 3. The fourth-order valence-corrected chi connectivity index (χ4v) is 2.65. The van der Waals surface area contributed by atoms with E-state index < -0.39 is 0 Å². The van der Waals surface area contributed by atoms with Gasteiger partial charge in [-0.05, 0) is 19.8 Å². The van der Waals surface area contributed by atoms with Crippen LogP contribution in [0.3, 0.4) is 0 Å². The number of anilines is 1. The number of carbonyl (C=O) groups is 1. The molecule has 0 aromatic carbocycles. The number of aryl methyl sites for hydroxylation is 1. The van der Waals surface area contributed by atoms with E-state index in [0.29, 0.717) is 17.6 Å². The Hall–Kier alpha value is -0.0581. The number of hydrogen-bond donors (Lipinski definition) is 2. The molecule has 0 spiro atoms. The molecule has 7 heteroatoms. The van der Waals surface area contributed by atoms with Crippen molar-refractivity contribution in [1.82, 2.24) is 15.2 Å². The van der Waals surface area contributed by atoms with Gasteiger partial charge in [0.25, 0.3) is 0 Å². The van der Waals surface area contributed by atoms with Crippen molar-refractivity contribution in [1.29, 1.82) is 0 Å². The number of aromatic amines is 1. The standard InChI is InChI=1S/C14H18N4O2.CH3.Cs/c1-9-8-20-14(15-9)7-13(19)16-12-6-11(17-18-12)10-4-2-3-5-10;;/h6,8,10H,2-5,7H2,1H3,(H2,16,17,18,19);1H3;/q;-1;+1. The molecular formula is C15H21CsN4O2. The summed E-state index contributed by atoms with van der Waals surface area (Å²) in [4.78, 5) is 16.0. The average molecular weight is 422 g/mol. The maximum Gasteiger partial charge on any atom is 1.00 e. The summed E-state index contributed by atoms with van der Waals surface area (Å²) in [5.41, 5.74) is 1.89. The monoisotopic (exact) mass is 422 g/mol. The van der Waals surface area contributed by atoms with Gasteiger partial charge in [0.1, 0.15) is 12.7 Å². The Morgan fingerprint density at radius 3 is 2.82 bits per heavy atom. The molecule has 2 N–H and O–H groups in total. The number of rotatable bonds is 4. The van der Waals surface area contributed by atoms with Crippen LogP contribution in [0, 0.1) is 14.4 Å². The Bertz CT molecular complexity index is 602. The summed E-state index contributed by atoms with van der Waals surface area (Å²) < 4.78 is 5.16. The summed E-state index contributed by atoms with van der Waals surface area (Å²) in [5, 5.41) is 9.92. The van der Waals surface area contributed by atoms with Gasteiger partial charge >= 0.3 is 68.9 Å². The Labute approximate surface area is 189 Å². The second-order valence-corrected chi connectivity index (χ2v) is 5.30. The third-order valence-corrected chi connectivity index (χ3v) is 3.64. The van der Waals surface area contributed by atoms with Gasteiger partial charge in [-0.1, -0.05) is 12.8 Å². The first-order valence-corrected chi connectivity index (χ1v) is 6.97. The quantitative estimate of drug-likeness (QED) is 0.680. The maximum atomic E-state index is 11.9. The molecule has 1 fully saturated rings. The molecule has 0 atom stereocenters. The summed E-state index contributed by atoms with van der Waals surface area (Å²) >= 11 is 0. The topological polar surface area (TPSA) is 83.8 Å². The number of nitrogens with one attached hydrogen (secondary N) is 2. The zero-order valence-electron chi connectivity index (χ0n) is 13.5. The zero-order chi connectivity index (χ0) is 13.9. The minimum Gasteiger partial charge on any atom is -0.448 e. The largest absolute Gasteiger partial charge is 1.00 e. The van der Waals surface area contributed by atoms with Gasteiger partial charge < -0.3 is 17.2 Å². The van der Waals surface area contributed by atoms with Crippen molar-refractivity contribution in [3.05, 3.63) is 37.0 Å². The number of nitrogens with zero attached hydrogens (tertiary/aromatic N) is 2. The summed E-state index contributed by atoms with van der Waals surface area (Å²) in [6.45, 7) is 1.83. The molecule has 0 aliphatic heterocycles. The third-order valence-electron chi connectivity index (χ3n) is 3.64. The van der Waals surface area contributed by atoms with Crippen LogP contribution in [0.4, 0.5) is 5.82 Å². The van der Waals surface area contributed by atoms with Gasteiger partial charge in [-0.2, -0.15) is 5.10 Å². The minimum atomic E-state index is -0.170. The summed E-state index contributed by atoms with van der Waals surface area (Å²) in [5.74, 6) is 1.38. The second-order valence-electron chi connectivity index (χ2n) is 5.30. The van der Waals surface area contributed by atoms with E-state index in [1.807, 2.05) is 13.0 Å². The molecule has 0 bridgehead atoms. The van der Waals surface area contributed by atoms with Crippen molar-refractivity contribution >= 4 is 11.7 Å². The number of hydrogen-bond acceptors (Lipinski definition) is 4. The first kappa shape index (κ1) is 20.0. The molecule has 1 saturated carbocycles. The molecule has 114 valence electrons. The first-order chi connectivity index (χ1) is 9.70. The molecule has 1 amide bonds. The van der Waals surface area contributed by atoms with Crippen LogP contribution in [0.1, 0.15) is 48.9 Å². The average Bonchev–Trinajstić information content (AvgIpc) is 3.10. The van der Waals surface area contributed by atoms with Gasteiger partial charge in [0, 0.05) is 17.7 Å². The van der Waals surface area contributed by atoms with Crippen LogP contribution in [0.5, 0.6) is 0 Å². The van der Waals surface area contributed by atoms with E-state index in [4.69, 9.17) is 4.42 Å². The van der Waals surface area contributed by atoms with Crippen LogP contribution in [-0.2, 0) is 11.2 Å². The molecule has 2 heterocycles. The SMILES string of the molecule is Cc1coc(CC(=O)Nc2cc(C3CCCC3)[nH]n2)n1.[CH3-].[Cs+]. The van der Waals surface area contributed by atoms with Crippen LogP contribution in [0.2, 0.25) is 0 Å². The van der Waals surface area contributed by atoms with Crippen LogP contribution in [-0.4, -0.2) is 21.1 Å².